The highest BCUT2D eigenvalue weighted by atomic mass is 35.5. The zero-order valence-corrected chi connectivity index (χ0v) is 20.1. The third-order valence-corrected chi connectivity index (χ3v) is 8.20. The molecule has 0 bridgehead atoms. The van der Waals surface area contributed by atoms with Crippen molar-refractivity contribution in [2.24, 2.45) is 5.73 Å². The summed E-state index contributed by atoms with van der Waals surface area (Å²) in [6, 6.07) is 10.6. The highest BCUT2D eigenvalue weighted by Gasteiger charge is 2.48. The molecule has 1 atom stereocenters. The predicted octanol–water partition coefficient (Wildman–Crippen LogP) is 3.77. The van der Waals surface area contributed by atoms with Gasteiger partial charge in [-0.15, -0.1) is 0 Å². The van der Waals surface area contributed by atoms with Gasteiger partial charge in [0.25, 0.3) is 0 Å². The molecular weight excluding hydrogens is 474 g/mol. The maximum Gasteiger partial charge on any atom is 0.244 e. The van der Waals surface area contributed by atoms with Crippen molar-refractivity contribution in [3.8, 4) is 11.3 Å². The Morgan fingerprint density at radius 3 is 2.65 bits per heavy atom. The Bertz CT molecular complexity index is 1440. The monoisotopic (exact) mass is 495 g/mol. The van der Waals surface area contributed by atoms with Gasteiger partial charge >= 0.3 is 0 Å². The van der Waals surface area contributed by atoms with Crippen molar-refractivity contribution in [3.63, 3.8) is 0 Å². The SMILES string of the molecule is Cc1ccc(C2(S(C)(=O)=O)CC(C(N)=O)=CC=C2Cl)cc1Nc1nccc(-c2cccnc2)n1. The van der Waals surface area contributed by atoms with Crippen molar-refractivity contribution in [3.05, 3.63) is 88.9 Å². The molecule has 3 aromatic rings. The Hall–Kier alpha value is -3.56. The van der Waals surface area contributed by atoms with Crippen molar-refractivity contribution in [2.75, 3.05) is 11.6 Å². The van der Waals surface area contributed by atoms with E-state index in [1.807, 2.05) is 19.1 Å². The maximum atomic E-state index is 13.1. The van der Waals surface area contributed by atoms with Crippen LogP contribution in [-0.4, -0.2) is 35.5 Å². The summed E-state index contributed by atoms with van der Waals surface area (Å²) < 4.78 is 24.5. The third-order valence-electron chi connectivity index (χ3n) is 5.77. The van der Waals surface area contributed by atoms with Gasteiger partial charge in [0.05, 0.1) is 5.69 Å². The third kappa shape index (κ3) is 4.32. The van der Waals surface area contributed by atoms with Gasteiger partial charge in [0.1, 0.15) is 4.75 Å². The van der Waals surface area contributed by atoms with Crippen LogP contribution in [0.3, 0.4) is 0 Å². The predicted molar refractivity (Wildman–Crippen MR) is 132 cm³/mol. The number of rotatable bonds is 6. The molecule has 3 N–H and O–H groups in total. The lowest BCUT2D eigenvalue weighted by Crippen LogP contribution is -2.39. The number of primary amides is 1. The number of allylic oxidation sites excluding steroid dienone is 2. The molecule has 2 heterocycles. The number of hydrogen-bond donors (Lipinski definition) is 2. The molecule has 1 aliphatic carbocycles. The largest absolute Gasteiger partial charge is 0.366 e. The standard InChI is InChI=1S/C24H22ClN5O3S/c1-15-5-7-18(24(34(2,32)33)13-16(22(26)31)6-8-21(24)25)12-20(15)30-23-28-11-9-19(29-23)17-4-3-10-27-14-17/h3-12,14H,13H2,1-2H3,(H2,26,31)(H,28,29,30). The molecule has 1 aromatic carbocycles. The van der Waals surface area contributed by atoms with E-state index in [9.17, 15) is 13.2 Å². The number of nitrogens with one attached hydrogen (secondary N) is 1. The summed E-state index contributed by atoms with van der Waals surface area (Å²) in [5.41, 5.74) is 9.00. The lowest BCUT2D eigenvalue weighted by molar-refractivity contribution is -0.114. The Morgan fingerprint density at radius 1 is 1.18 bits per heavy atom. The van der Waals surface area contributed by atoms with Crippen LogP contribution in [0.25, 0.3) is 11.3 Å². The van der Waals surface area contributed by atoms with Crippen LogP contribution in [0.5, 0.6) is 0 Å². The number of amides is 1. The second kappa shape index (κ2) is 9.00. The summed E-state index contributed by atoms with van der Waals surface area (Å²) in [6.45, 7) is 1.87. The number of halogens is 1. The van der Waals surface area contributed by atoms with Crippen LogP contribution in [0, 0.1) is 6.92 Å². The fraction of sp³-hybridized carbons (Fsp3) is 0.167. The summed E-state index contributed by atoms with van der Waals surface area (Å²) >= 11 is 6.50. The van der Waals surface area contributed by atoms with E-state index in [-0.39, 0.29) is 17.0 Å². The number of carbonyl (C=O) groups is 1. The topological polar surface area (TPSA) is 128 Å². The molecule has 0 saturated carbocycles. The Balaban J connectivity index is 1.77. The quantitative estimate of drug-likeness (QED) is 0.532. The molecule has 2 aromatic heterocycles. The number of nitrogens with zero attached hydrogens (tertiary/aromatic N) is 3. The number of pyridine rings is 1. The number of hydrogen-bond acceptors (Lipinski definition) is 7. The number of aromatic nitrogens is 3. The molecule has 0 saturated heterocycles. The zero-order chi connectivity index (χ0) is 24.5. The fourth-order valence-corrected chi connectivity index (χ4v) is 5.93. The van der Waals surface area contributed by atoms with Crippen molar-refractivity contribution >= 4 is 39.0 Å². The molecule has 1 amide bonds. The summed E-state index contributed by atoms with van der Waals surface area (Å²) in [5.74, 6) is -0.363. The number of aryl methyl sites for hydroxylation is 1. The van der Waals surface area contributed by atoms with Crippen molar-refractivity contribution in [1.82, 2.24) is 15.0 Å². The molecule has 0 spiro atoms. The minimum atomic E-state index is -3.82. The Morgan fingerprint density at radius 2 is 1.97 bits per heavy atom. The molecular formula is C24H22ClN5O3S. The number of benzene rings is 1. The highest BCUT2D eigenvalue weighted by Crippen LogP contribution is 2.47. The lowest BCUT2D eigenvalue weighted by Gasteiger charge is -2.35. The van der Waals surface area contributed by atoms with Crippen LogP contribution < -0.4 is 11.1 Å². The van der Waals surface area contributed by atoms with Crippen LogP contribution in [-0.2, 0) is 19.4 Å². The number of carbonyl (C=O) groups excluding carboxylic acids is 1. The first-order valence-electron chi connectivity index (χ1n) is 10.3. The van der Waals surface area contributed by atoms with Gasteiger partial charge in [0.15, 0.2) is 9.84 Å². The van der Waals surface area contributed by atoms with Crippen LogP contribution in [0.1, 0.15) is 17.5 Å². The molecule has 34 heavy (non-hydrogen) atoms. The lowest BCUT2D eigenvalue weighted by atomic mass is 9.86. The first-order chi connectivity index (χ1) is 16.1. The minimum absolute atomic E-state index is 0.0876. The van der Waals surface area contributed by atoms with Gasteiger partial charge in [-0.2, -0.15) is 0 Å². The molecule has 0 aliphatic heterocycles. The molecule has 1 unspecified atom stereocenters. The van der Waals surface area contributed by atoms with Gasteiger partial charge in [-0.05, 0) is 48.4 Å². The molecule has 1 aliphatic rings. The minimum Gasteiger partial charge on any atom is -0.366 e. The molecule has 4 rings (SSSR count). The Kier molecular flexibility index (Phi) is 6.24. The molecule has 0 fully saturated rings. The van der Waals surface area contributed by atoms with Crippen LogP contribution in [0.15, 0.2) is 77.7 Å². The normalized spacial score (nSPS) is 18.1. The summed E-state index contributed by atoms with van der Waals surface area (Å²) in [5, 5.41) is 3.26. The molecule has 10 heteroatoms. The number of anilines is 2. The average Bonchev–Trinajstić information content (AvgIpc) is 2.81. The van der Waals surface area contributed by atoms with E-state index in [1.54, 1.807) is 42.9 Å². The van der Waals surface area contributed by atoms with Gasteiger partial charge in [0, 0.05) is 53.1 Å². The first-order valence-corrected chi connectivity index (χ1v) is 12.6. The second-order valence-electron chi connectivity index (χ2n) is 8.01. The van der Waals surface area contributed by atoms with E-state index < -0.39 is 20.5 Å². The van der Waals surface area contributed by atoms with Gasteiger partial charge < -0.3 is 11.1 Å². The summed E-state index contributed by atoms with van der Waals surface area (Å²) in [7, 11) is -3.82. The second-order valence-corrected chi connectivity index (χ2v) is 10.7. The first kappa shape index (κ1) is 23.6. The van der Waals surface area contributed by atoms with E-state index in [0.717, 1.165) is 17.4 Å². The summed E-state index contributed by atoms with van der Waals surface area (Å²) in [6.07, 6.45) is 8.82. The van der Waals surface area contributed by atoms with E-state index >= 15 is 0 Å². The van der Waals surface area contributed by atoms with E-state index in [0.29, 0.717) is 22.9 Å². The van der Waals surface area contributed by atoms with Gasteiger partial charge in [0.2, 0.25) is 11.9 Å². The maximum absolute atomic E-state index is 13.1. The fourth-order valence-electron chi connectivity index (χ4n) is 3.87. The van der Waals surface area contributed by atoms with Gasteiger partial charge in [-0.3, -0.25) is 9.78 Å². The molecule has 8 nitrogen and oxygen atoms in total. The van der Waals surface area contributed by atoms with Crippen molar-refractivity contribution in [2.45, 2.75) is 18.1 Å². The zero-order valence-electron chi connectivity index (χ0n) is 18.5. The van der Waals surface area contributed by atoms with Crippen LogP contribution >= 0.6 is 11.6 Å². The smallest absolute Gasteiger partial charge is 0.244 e. The molecule has 174 valence electrons. The van der Waals surface area contributed by atoms with Crippen LogP contribution in [0.4, 0.5) is 11.6 Å². The van der Waals surface area contributed by atoms with Crippen LogP contribution in [0.2, 0.25) is 0 Å². The summed E-state index contributed by atoms with van der Waals surface area (Å²) in [4.78, 5) is 24.8. The van der Waals surface area contributed by atoms with E-state index in [2.05, 4.69) is 20.3 Å². The van der Waals surface area contributed by atoms with Crippen molar-refractivity contribution < 1.29 is 13.2 Å². The molecule has 0 radical (unpaired) electrons. The number of sulfone groups is 1. The van der Waals surface area contributed by atoms with E-state index in [4.69, 9.17) is 17.3 Å². The van der Waals surface area contributed by atoms with Gasteiger partial charge in [-0.1, -0.05) is 29.8 Å². The average molecular weight is 496 g/mol. The van der Waals surface area contributed by atoms with Gasteiger partial charge in [-0.25, -0.2) is 18.4 Å². The van der Waals surface area contributed by atoms with Crippen molar-refractivity contribution in [1.29, 1.82) is 0 Å². The van der Waals surface area contributed by atoms with E-state index in [1.165, 1.54) is 12.2 Å². The highest BCUT2D eigenvalue weighted by molar-refractivity contribution is 7.92. The Labute approximate surface area is 202 Å². The number of nitrogens with two attached hydrogens (primary N) is 1.